The molecule has 6 heavy (non-hydrogen) atoms. The third-order valence-corrected chi connectivity index (χ3v) is 0. The van der Waals surface area contributed by atoms with Crippen LogP contribution in [0.25, 0.3) is 0 Å². The van der Waals surface area contributed by atoms with E-state index in [0.717, 1.165) is 0 Å². The summed E-state index contributed by atoms with van der Waals surface area (Å²) in [7, 11) is -4.92. The Morgan fingerprint density at radius 2 is 1.50 bits per heavy atom. The maximum atomic E-state index is 8.63. The van der Waals surface area contributed by atoms with Gasteiger partial charge >= 0.3 is 17.1 Å². The second kappa shape index (κ2) is 2.54. The normalized spacial score (nSPS) is 9.67. The van der Waals surface area contributed by atoms with Crippen LogP contribution < -0.4 is 0 Å². The zero-order chi connectivity index (χ0) is 4.50. The van der Waals surface area contributed by atoms with Gasteiger partial charge in [0, 0.05) is 0 Å². The first-order valence-corrected chi connectivity index (χ1v) is 2.05. The standard InChI is InChI=1S/Cu.H2O4S/c;1-5(2,3)4/h;(H2,1,2,3,4)/q+1;/p-1. The van der Waals surface area contributed by atoms with E-state index < -0.39 is 10.4 Å². The Kier molecular flexibility index (Phi) is 4.08. The SMILES string of the molecule is O=S(=O)([O-])O.[Cu+]. The van der Waals surface area contributed by atoms with E-state index in [0.29, 0.717) is 0 Å². The molecule has 0 bridgehead atoms. The monoisotopic (exact) mass is 160 g/mol. The van der Waals surface area contributed by atoms with Crippen molar-refractivity contribution in [3.8, 4) is 0 Å². The second-order valence-corrected chi connectivity index (χ2v) is 1.28. The summed E-state index contributed by atoms with van der Waals surface area (Å²) in [5, 5.41) is 0. The van der Waals surface area contributed by atoms with Crippen LogP contribution in [0.15, 0.2) is 0 Å². The molecule has 0 atom stereocenters. The van der Waals surface area contributed by atoms with Gasteiger partial charge in [-0.3, -0.25) is 4.55 Å². The molecule has 0 aromatic carbocycles. The fourth-order valence-corrected chi connectivity index (χ4v) is 0. The molecule has 0 saturated carbocycles. The Labute approximate surface area is 45.6 Å². The Morgan fingerprint density at radius 1 is 1.50 bits per heavy atom. The van der Waals surface area contributed by atoms with Crippen LogP contribution in [-0.2, 0) is 27.5 Å². The number of rotatable bonds is 0. The topological polar surface area (TPSA) is 77.4 Å². The first-order chi connectivity index (χ1) is 2.00. The van der Waals surface area contributed by atoms with Gasteiger partial charge < -0.3 is 4.55 Å². The third-order valence-electron chi connectivity index (χ3n) is 0. The molecule has 42 valence electrons. The molecule has 0 aromatic rings. The molecule has 0 aromatic heterocycles. The molecule has 0 aliphatic heterocycles. The summed E-state index contributed by atoms with van der Waals surface area (Å²) in [6, 6.07) is 0. The van der Waals surface area contributed by atoms with Crippen molar-refractivity contribution >= 4 is 10.4 Å². The summed E-state index contributed by atoms with van der Waals surface area (Å²) in [5.74, 6) is 0. The van der Waals surface area contributed by atoms with Crippen LogP contribution in [0.5, 0.6) is 0 Å². The predicted molar refractivity (Wildman–Crippen MR) is 12.3 cm³/mol. The van der Waals surface area contributed by atoms with Gasteiger partial charge in [-0.2, -0.15) is 0 Å². The van der Waals surface area contributed by atoms with Crippen LogP contribution in [0.1, 0.15) is 0 Å². The molecule has 0 heterocycles. The summed E-state index contributed by atoms with van der Waals surface area (Å²) in [6.45, 7) is 0. The minimum atomic E-state index is -4.92. The van der Waals surface area contributed by atoms with Crippen LogP contribution in [0.2, 0.25) is 0 Å². The van der Waals surface area contributed by atoms with Crippen molar-refractivity contribution in [3.63, 3.8) is 0 Å². The van der Waals surface area contributed by atoms with E-state index in [1.807, 2.05) is 0 Å². The fraction of sp³-hybridized carbons (Fsp3) is 0. The maximum absolute atomic E-state index is 8.63. The van der Waals surface area contributed by atoms with Gasteiger partial charge in [0.25, 0.3) is 0 Å². The van der Waals surface area contributed by atoms with Crippen LogP contribution in [0.4, 0.5) is 0 Å². The quantitative estimate of drug-likeness (QED) is 0.280. The summed E-state index contributed by atoms with van der Waals surface area (Å²) in [6.07, 6.45) is 0. The molecular weight excluding hydrogens is 160 g/mol. The summed E-state index contributed by atoms with van der Waals surface area (Å²) in [5.41, 5.74) is 0. The molecule has 0 aliphatic rings. The zero-order valence-corrected chi connectivity index (χ0v) is 4.14. The maximum Gasteiger partial charge on any atom is 1.00 e. The van der Waals surface area contributed by atoms with E-state index in [2.05, 4.69) is 0 Å². The Balaban J connectivity index is 0. The number of hydrogen-bond donors (Lipinski definition) is 1. The van der Waals surface area contributed by atoms with Crippen molar-refractivity contribution in [3.05, 3.63) is 0 Å². The van der Waals surface area contributed by atoms with Crippen LogP contribution in [-0.4, -0.2) is 17.5 Å². The van der Waals surface area contributed by atoms with E-state index in [1.54, 1.807) is 0 Å². The third kappa shape index (κ3) is 332. The smallest absolute Gasteiger partial charge is 0.726 e. The molecule has 0 rings (SSSR count). The van der Waals surface area contributed by atoms with E-state index in [4.69, 9.17) is 17.5 Å². The number of hydrogen-bond acceptors (Lipinski definition) is 3. The molecular formula is HCuO4S. The molecule has 0 unspecified atom stereocenters. The van der Waals surface area contributed by atoms with Crippen molar-refractivity contribution in [1.82, 2.24) is 0 Å². The summed E-state index contributed by atoms with van der Waals surface area (Å²) < 4.78 is 32.8. The van der Waals surface area contributed by atoms with Gasteiger partial charge in [0.15, 0.2) is 0 Å². The van der Waals surface area contributed by atoms with Crippen molar-refractivity contribution in [1.29, 1.82) is 0 Å². The predicted octanol–water partition coefficient (Wildman–Crippen LogP) is -0.998. The van der Waals surface area contributed by atoms with Gasteiger partial charge in [-0.1, -0.05) is 0 Å². The average Bonchev–Trinajstić information content (AvgIpc) is 0.722. The van der Waals surface area contributed by atoms with E-state index in [1.165, 1.54) is 0 Å². The summed E-state index contributed by atoms with van der Waals surface area (Å²) >= 11 is 0. The summed E-state index contributed by atoms with van der Waals surface area (Å²) in [4.78, 5) is 0. The first kappa shape index (κ1) is 9.63. The average molecular weight is 161 g/mol. The van der Waals surface area contributed by atoms with Gasteiger partial charge in [-0.25, -0.2) is 8.42 Å². The van der Waals surface area contributed by atoms with Gasteiger partial charge in [0.05, 0.1) is 0 Å². The molecule has 0 radical (unpaired) electrons. The molecule has 0 amide bonds. The van der Waals surface area contributed by atoms with Gasteiger partial charge in [-0.05, 0) is 0 Å². The molecule has 4 nitrogen and oxygen atoms in total. The largest absolute Gasteiger partial charge is 1.00 e. The van der Waals surface area contributed by atoms with E-state index in [9.17, 15) is 0 Å². The van der Waals surface area contributed by atoms with Crippen molar-refractivity contribution in [2.45, 2.75) is 0 Å². The molecule has 0 saturated heterocycles. The second-order valence-electron chi connectivity index (χ2n) is 0.428. The van der Waals surface area contributed by atoms with Crippen LogP contribution in [0.3, 0.4) is 0 Å². The fourth-order valence-electron chi connectivity index (χ4n) is 0. The molecule has 0 aliphatic carbocycles. The van der Waals surface area contributed by atoms with Gasteiger partial charge in [0.1, 0.15) is 0 Å². The Bertz CT molecular complexity index is 90.7. The first-order valence-electron chi connectivity index (χ1n) is 0.683. The van der Waals surface area contributed by atoms with E-state index >= 15 is 0 Å². The van der Waals surface area contributed by atoms with Crippen LogP contribution in [0, 0.1) is 0 Å². The van der Waals surface area contributed by atoms with Gasteiger partial charge in [-0.15, -0.1) is 0 Å². The van der Waals surface area contributed by atoms with Crippen LogP contribution >= 0.6 is 0 Å². The molecule has 0 fully saturated rings. The van der Waals surface area contributed by atoms with Crippen molar-refractivity contribution in [2.75, 3.05) is 0 Å². The minimum Gasteiger partial charge on any atom is -0.726 e. The molecule has 0 spiro atoms. The zero-order valence-electron chi connectivity index (χ0n) is 2.38. The van der Waals surface area contributed by atoms with Crippen molar-refractivity contribution < 1.29 is 34.6 Å². The Hall–Kier alpha value is 0.389. The molecule has 6 heteroatoms. The minimum absolute atomic E-state index is 0. The Morgan fingerprint density at radius 3 is 1.50 bits per heavy atom. The molecule has 1 N–H and O–H groups in total. The van der Waals surface area contributed by atoms with E-state index in [-0.39, 0.29) is 17.1 Å². The van der Waals surface area contributed by atoms with Crippen molar-refractivity contribution in [2.24, 2.45) is 0 Å². The van der Waals surface area contributed by atoms with Gasteiger partial charge in [0.2, 0.25) is 10.4 Å².